The number of rotatable bonds is 9. The summed E-state index contributed by atoms with van der Waals surface area (Å²) in [6.45, 7) is 0.581. The van der Waals surface area contributed by atoms with E-state index in [-0.39, 0.29) is 29.4 Å². The number of carbonyl (C=O) groups is 4. The van der Waals surface area contributed by atoms with Crippen molar-refractivity contribution < 1.29 is 53.4 Å². The van der Waals surface area contributed by atoms with E-state index < -0.39 is 23.6 Å². The molecule has 51 heavy (non-hydrogen) atoms. The van der Waals surface area contributed by atoms with Crippen LogP contribution in [-0.2, 0) is 29.5 Å². The van der Waals surface area contributed by atoms with Crippen molar-refractivity contribution in [3.63, 3.8) is 0 Å². The van der Waals surface area contributed by atoms with Crippen molar-refractivity contribution >= 4 is 57.6 Å². The number of hydroxylamine groups is 4. The summed E-state index contributed by atoms with van der Waals surface area (Å²) in [4.78, 5) is 56.1. The highest BCUT2D eigenvalue weighted by atomic mass is 32.1. The van der Waals surface area contributed by atoms with Gasteiger partial charge in [0, 0.05) is 49.0 Å². The Morgan fingerprint density at radius 1 is 0.588 bits per heavy atom. The Labute approximate surface area is 304 Å². The van der Waals surface area contributed by atoms with Gasteiger partial charge in [-0.15, -0.1) is 44.1 Å². The van der Waals surface area contributed by atoms with E-state index in [0.717, 1.165) is 33.3 Å². The summed E-state index contributed by atoms with van der Waals surface area (Å²) in [5, 5.41) is 29.8. The van der Waals surface area contributed by atoms with Crippen LogP contribution in [0, 0.1) is 0 Å². The zero-order chi connectivity index (χ0) is 36.9. The Balaban J connectivity index is 0.000000162. The van der Waals surface area contributed by atoms with Crippen molar-refractivity contribution in [1.29, 1.82) is 0 Å². The van der Waals surface area contributed by atoms with Crippen LogP contribution in [0.1, 0.15) is 58.1 Å². The lowest BCUT2D eigenvalue weighted by atomic mass is 10.1. The van der Waals surface area contributed by atoms with Gasteiger partial charge in [-0.05, 0) is 24.3 Å². The summed E-state index contributed by atoms with van der Waals surface area (Å²) >= 11 is 4.57. The van der Waals surface area contributed by atoms with Gasteiger partial charge < -0.3 is 19.3 Å². The highest BCUT2D eigenvalue weighted by molar-refractivity contribution is 7.08. The molecule has 0 spiro atoms. The maximum atomic E-state index is 12.1. The number of ether oxygens (including phenoxy) is 3. The Bertz CT molecular complexity index is 1870. The standard InChI is InChI=1S/C14H11NO4S.C8H5NO3.C6H9NO2S.C6H8O2S/c1-18-12-8-20-7-9(12)6-19-15-13(16)10-4-2-3-5-11(10)14(15)17;10-7-5-3-1-2-4-6(5)8(11)9(7)12;1-8-6-4-10-3-5(6)2-9-7;1-8-6-4-9-3-5(6)2-7/h2-5,7-8H,6H2,1H3;1-4,12H;3-4H,2,7H2,1H3;3-4,7H,2H2,1H3. The van der Waals surface area contributed by atoms with E-state index >= 15 is 0 Å². The molecule has 2 aliphatic heterocycles. The largest absolute Gasteiger partial charge is 0.496 e. The molecule has 2 aromatic carbocycles. The molecule has 0 unspecified atom stereocenters. The number of aliphatic hydroxyl groups is 1. The molecule has 0 saturated carbocycles. The smallest absolute Gasteiger partial charge is 0.285 e. The lowest BCUT2D eigenvalue weighted by Gasteiger charge is -2.13. The summed E-state index contributed by atoms with van der Waals surface area (Å²) in [6.07, 6.45) is 0. The number of benzene rings is 2. The summed E-state index contributed by atoms with van der Waals surface area (Å²) in [7, 11) is 4.79. The number of carbonyl (C=O) groups excluding carboxylic acids is 4. The molecule has 2 aliphatic rings. The van der Waals surface area contributed by atoms with Crippen molar-refractivity contribution in [2.75, 3.05) is 21.3 Å². The molecule has 7 rings (SSSR count). The normalized spacial score (nSPS) is 12.6. The minimum Gasteiger partial charge on any atom is -0.496 e. The molecule has 5 heterocycles. The minimum absolute atomic E-state index is 0.0622. The van der Waals surface area contributed by atoms with E-state index in [9.17, 15) is 19.2 Å². The monoisotopic (exact) mass is 755 g/mol. The molecule has 0 aliphatic carbocycles. The number of nitrogens with zero attached hydrogens (tertiary/aromatic N) is 2. The quantitative estimate of drug-likeness (QED) is 0.0969. The molecule has 4 N–H and O–H groups in total. The van der Waals surface area contributed by atoms with E-state index in [1.54, 1.807) is 69.1 Å². The average Bonchev–Trinajstić information content (AvgIpc) is 4.00. The van der Waals surface area contributed by atoms with Gasteiger partial charge in [0.25, 0.3) is 23.6 Å². The number of nitrogens with two attached hydrogens (primary N) is 1. The summed E-state index contributed by atoms with van der Waals surface area (Å²) in [5.74, 6) is 5.03. The summed E-state index contributed by atoms with van der Waals surface area (Å²) in [6, 6.07) is 13.0. The van der Waals surface area contributed by atoms with Gasteiger partial charge in [-0.25, -0.2) is 5.90 Å². The maximum Gasteiger partial charge on any atom is 0.285 e. The first kappa shape index (κ1) is 38.8. The fourth-order valence-electron chi connectivity index (χ4n) is 4.48. The third kappa shape index (κ3) is 9.23. The second-order valence-corrected chi connectivity index (χ2v) is 12.3. The van der Waals surface area contributed by atoms with Crippen molar-refractivity contribution in [1.82, 2.24) is 10.1 Å². The molecular formula is C34H33N3O11S3. The van der Waals surface area contributed by atoms with E-state index in [1.807, 2.05) is 32.3 Å². The number of aliphatic hydroxyl groups excluding tert-OH is 1. The van der Waals surface area contributed by atoms with E-state index in [2.05, 4.69) is 4.84 Å². The molecular weight excluding hydrogens is 723 g/mol. The zero-order valence-electron chi connectivity index (χ0n) is 27.5. The SMILES string of the molecule is COc1cscc1CO.COc1cscc1CON.COc1cscc1CON1C(=O)c2ccccc2C1=O.O=C1c2ccccc2C(=O)N1O. The first-order valence-electron chi connectivity index (χ1n) is 14.7. The van der Waals surface area contributed by atoms with Gasteiger partial charge in [0.1, 0.15) is 23.9 Å². The molecule has 0 bridgehead atoms. The summed E-state index contributed by atoms with van der Waals surface area (Å²) in [5.41, 5.74) is 3.91. The van der Waals surface area contributed by atoms with E-state index in [0.29, 0.717) is 23.5 Å². The van der Waals surface area contributed by atoms with Gasteiger partial charge in [-0.3, -0.25) is 34.1 Å². The first-order valence-corrected chi connectivity index (χ1v) is 17.5. The van der Waals surface area contributed by atoms with E-state index in [4.69, 9.17) is 35.3 Å². The van der Waals surface area contributed by atoms with Crippen LogP contribution in [0.4, 0.5) is 0 Å². The molecule has 0 saturated heterocycles. The fraction of sp³-hybridized carbons (Fsp3) is 0.176. The Morgan fingerprint density at radius 2 is 0.961 bits per heavy atom. The molecule has 3 aromatic heterocycles. The van der Waals surface area contributed by atoms with Crippen LogP contribution in [0.25, 0.3) is 0 Å². The number of methoxy groups -OCH3 is 3. The van der Waals surface area contributed by atoms with Gasteiger partial charge in [0.15, 0.2) is 0 Å². The average molecular weight is 756 g/mol. The molecule has 0 atom stereocenters. The molecule has 17 heteroatoms. The number of hydrogen-bond acceptors (Lipinski definition) is 15. The van der Waals surface area contributed by atoms with Gasteiger partial charge in [0.05, 0.1) is 56.8 Å². The van der Waals surface area contributed by atoms with Crippen molar-refractivity contribution in [3.05, 3.63) is 120 Å². The van der Waals surface area contributed by atoms with Crippen LogP contribution in [0.15, 0.2) is 80.8 Å². The number of fused-ring (bicyclic) bond motifs is 2. The first-order chi connectivity index (χ1) is 24.7. The highest BCUT2D eigenvalue weighted by Gasteiger charge is 2.37. The highest BCUT2D eigenvalue weighted by Crippen LogP contribution is 2.28. The lowest BCUT2D eigenvalue weighted by Crippen LogP contribution is -2.29. The van der Waals surface area contributed by atoms with Crippen molar-refractivity contribution in [2.24, 2.45) is 5.90 Å². The molecule has 0 radical (unpaired) electrons. The molecule has 14 nitrogen and oxygen atoms in total. The van der Waals surface area contributed by atoms with Crippen molar-refractivity contribution in [2.45, 2.75) is 19.8 Å². The summed E-state index contributed by atoms with van der Waals surface area (Å²) < 4.78 is 15.1. The molecule has 4 amide bonds. The third-order valence-electron chi connectivity index (χ3n) is 7.05. The third-order valence-corrected chi connectivity index (χ3v) is 9.37. The van der Waals surface area contributed by atoms with Gasteiger partial charge in [0.2, 0.25) is 0 Å². The topological polar surface area (TPSA) is 187 Å². The maximum absolute atomic E-state index is 12.1. The van der Waals surface area contributed by atoms with E-state index in [1.165, 1.54) is 34.8 Å². The zero-order valence-corrected chi connectivity index (χ0v) is 29.9. The predicted molar refractivity (Wildman–Crippen MR) is 188 cm³/mol. The number of imide groups is 2. The van der Waals surface area contributed by atoms with Gasteiger partial charge in [-0.1, -0.05) is 24.3 Å². The molecule has 5 aromatic rings. The van der Waals surface area contributed by atoms with Crippen LogP contribution < -0.4 is 20.1 Å². The Hall–Kier alpha value is -4.98. The molecule has 268 valence electrons. The van der Waals surface area contributed by atoms with Crippen LogP contribution >= 0.6 is 34.0 Å². The number of amides is 4. The second-order valence-electron chi connectivity index (χ2n) is 10.1. The minimum atomic E-state index is -0.657. The second kappa shape index (κ2) is 18.9. The van der Waals surface area contributed by atoms with Crippen molar-refractivity contribution in [3.8, 4) is 17.2 Å². The lowest BCUT2D eigenvalue weighted by molar-refractivity contribution is -0.101. The van der Waals surface area contributed by atoms with Crippen LogP contribution in [0.5, 0.6) is 17.2 Å². The number of hydrogen-bond donors (Lipinski definition) is 3. The van der Waals surface area contributed by atoms with Crippen LogP contribution in [0.3, 0.4) is 0 Å². The predicted octanol–water partition coefficient (Wildman–Crippen LogP) is 5.55. The Kier molecular flexibility index (Phi) is 14.4. The Morgan fingerprint density at radius 3 is 1.33 bits per heavy atom. The van der Waals surface area contributed by atoms with Gasteiger partial charge >= 0.3 is 0 Å². The van der Waals surface area contributed by atoms with Crippen LogP contribution in [0.2, 0.25) is 0 Å². The molecule has 0 fully saturated rings. The number of thiophene rings is 3. The van der Waals surface area contributed by atoms with Gasteiger partial charge in [-0.2, -0.15) is 0 Å². The van der Waals surface area contributed by atoms with Crippen LogP contribution in [-0.4, -0.2) is 65.4 Å². The fourth-order valence-corrected chi connectivity index (χ4v) is 6.85.